The third-order valence-electron chi connectivity index (χ3n) is 6.66. The molecule has 8 nitrogen and oxygen atoms in total. The topological polar surface area (TPSA) is 97.8 Å². The number of benzene rings is 1. The second-order valence-electron chi connectivity index (χ2n) is 11.9. The van der Waals surface area contributed by atoms with Gasteiger partial charge in [0, 0.05) is 19.1 Å². The van der Waals surface area contributed by atoms with Crippen LogP contribution >= 0.6 is 0 Å². The average Bonchev–Trinajstić information content (AvgIpc) is 2.75. The van der Waals surface area contributed by atoms with E-state index in [0.29, 0.717) is 30.1 Å². The number of hydrogen-bond acceptors (Lipinski definition) is 6. The Hall–Kier alpha value is -2.50. The van der Waals surface area contributed by atoms with Gasteiger partial charge in [0.15, 0.2) is 8.32 Å². The van der Waals surface area contributed by atoms with Crippen molar-refractivity contribution in [2.45, 2.75) is 76.6 Å². The number of ether oxygens (including phenoxy) is 1. The fourth-order valence-corrected chi connectivity index (χ4v) is 6.28. The standard InChI is InChI=1S/C26H38FN3O5SSi/c1-25(2,3)35-24(31)29-20-14-23-22(28-15-20)13-18(17-34-37(7,8)26(4,5)6)16-30(23)36(32,33)21-11-9-19(27)10-12-21/h9-12,14-15,18H,13,16-17H2,1-8H3,(H,29,31). The molecule has 11 heteroatoms. The van der Waals surface area contributed by atoms with Gasteiger partial charge < -0.3 is 9.16 Å². The smallest absolute Gasteiger partial charge is 0.412 e. The molecule has 1 amide bonds. The molecule has 0 bridgehead atoms. The molecule has 0 saturated carbocycles. The molecule has 0 saturated heterocycles. The van der Waals surface area contributed by atoms with Gasteiger partial charge in [-0.15, -0.1) is 0 Å². The monoisotopic (exact) mass is 551 g/mol. The predicted molar refractivity (Wildman–Crippen MR) is 145 cm³/mol. The number of amides is 1. The first-order chi connectivity index (χ1) is 16.9. The van der Waals surface area contributed by atoms with Gasteiger partial charge in [0.05, 0.1) is 28.2 Å². The van der Waals surface area contributed by atoms with Gasteiger partial charge >= 0.3 is 6.09 Å². The second kappa shape index (κ2) is 10.3. The van der Waals surface area contributed by atoms with Crippen molar-refractivity contribution in [2.75, 3.05) is 22.8 Å². The zero-order chi connectivity index (χ0) is 27.8. The Morgan fingerprint density at radius 1 is 1.16 bits per heavy atom. The fourth-order valence-electron chi connectivity index (χ4n) is 3.63. The van der Waals surface area contributed by atoms with Crippen molar-refractivity contribution in [3.05, 3.63) is 48.0 Å². The number of anilines is 2. The van der Waals surface area contributed by atoms with E-state index in [1.165, 1.54) is 22.6 Å². The molecule has 1 N–H and O–H groups in total. The van der Waals surface area contributed by atoms with E-state index in [-0.39, 0.29) is 22.4 Å². The van der Waals surface area contributed by atoms with Crippen LogP contribution in [0.3, 0.4) is 0 Å². The lowest BCUT2D eigenvalue weighted by atomic mass is 9.98. The summed E-state index contributed by atoms with van der Waals surface area (Å²) in [4.78, 5) is 16.8. The molecule has 204 valence electrons. The van der Waals surface area contributed by atoms with Crippen molar-refractivity contribution in [1.82, 2.24) is 4.98 Å². The highest BCUT2D eigenvalue weighted by Gasteiger charge is 2.40. The number of nitrogens with one attached hydrogen (secondary N) is 1. The van der Waals surface area contributed by atoms with E-state index in [0.717, 1.165) is 12.1 Å². The minimum Gasteiger partial charge on any atom is -0.444 e. The molecule has 0 aliphatic carbocycles. The van der Waals surface area contributed by atoms with Gasteiger partial charge in [0.25, 0.3) is 10.0 Å². The molecule has 1 aromatic heterocycles. The van der Waals surface area contributed by atoms with Crippen molar-refractivity contribution < 1.29 is 26.8 Å². The third kappa shape index (κ3) is 7.08. The van der Waals surface area contributed by atoms with Crippen molar-refractivity contribution in [3.8, 4) is 0 Å². The number of carbonyl (C=O) groups excluding carboxylic acids is 1. The van der Waals surface area contributed by atoms with Crippen LogP contribution in [0, 0.1) is 11.7 Å². The maximum absolute atomic E-state index is 13.7. The molecule has 1 aliphatic rings. The Morgan fingerprint density at radius 2 is 1.78 bits per heavy atom. The largest absolute Gasteiger partial charge is 0.444 e. The number of nitrogens with zero attached hydrogens (tertiary/aromatic N) is 2. The van der Waals surface area contributed by atoms with E-state index in [1.807, 2.05) is 0 Å². The number of halogens is 1. The summed E-state index contributed by atoms with van der Waals surface area (Å²) in [6, 6.07) is 6.31. The maximum Gasteiger partial charge on any atom is 0.412 e. The summed E-state index contributed by atoms with van der Waals surface area (Å²) in [5.74, 6) is -0.654. The summed E-state index contributed by atoms with van der Waals surface area (Å²) < 4.78 is 54.0. The van der Waals surface area contributed by atoms with Gasteiger partial charge in [-0.2, -0.15) is 0 Å². The number of carbonyl (C=O) groups is 1. The molecule has 2 heterocycles. The normalized spacial score (nSPS) is 16.8. The van der Waals surface area contributed by atoms with Gasteiger partial charge in [0.1, 0.15) is 11.4 Å². The molecule has 37 heavy (non-hydrogen) atoms. The summed E-state index contributed by atoms with van der Waals surface area (Å²) >= 11 is 0. The highest BCUT2D eigenvalue weighted by atomic mass is 32.2. The quantitative estimate of drug-likeness (QED) is 0.445. The van der Waals surface area contributed by atoms with Gasteiger partial charge in [-0.25, -0.2) is 17.6 Å². The average molecular weight is 552 g/mol. The van der Waals surface area contributed by atoms with E-state index in [4.69, 9.17) is 9.16 Å². The molecule has 1 aliphatic heterocycles. The van der Waals surface area contributed by atoms with Gasteiger partial charge in [-0.1, -0.05) is 20.8 Å². The summed E-state index contributed by atoms with van der Waals surface area (Å²) in [6.45, 7) is 16.6. The van der Waals surface area contributed by atoms with Gasteiger partial charge in [0.2, 0.25) is 0 Å². The molecular weight excluding hydrogens is 513 g/mol. The number of aromatic nitrogens is 1. The zero-order valence-corrected chi connectivity index (χ0v) is 24.7. The van der Waals surface area contributed by atoms with Crippen LogP contribution in [-0.4, -0.2) is 46.6 Å². The van der Waals surface area contributed by atoms with E-state index >= 15 is 0 Å². The third-order valence-corrected chi connectivity index (χ3v) is 12.9. The van der Waals surface area contributed by atoms with Crippen molar-refractivity contribution in [1.29, 1.82) is 0 Å². The Kier molecular flexibility index (Phi) is 8.12. The van der Waals surface area contributed by atoms with Crippen molar-refractivity contribution >= 4 is 35.8 Å². The Morgan fingerprint density at radius 3 is 2.35 bits per heavy atom. The highest BCUT2D eigenvalue weighted by molar-refractivity contribution is 7.92. The van der Waals surface area contributed by atoms with Gasteiger partial charge in [-0.05, 0) is 75.7 Å². The molecule has 3 rings (SSSR count). The lowest BCUT2D eigenvalue weighted by Gasteiger charge is -2.39. The Labute approximate surface area is 220 Å². The van der Waals surface area contributed by atoms with E-state index in [2.05, 4.69) is 44.2 Å². The molecule has 0 radical (unpaired) electrons. The highest BCUT2D eigenvalue weighted by Crippen LogP contribution is 2.39. The van der Waals surface area contributed by atoms with Crippen LogP contribution in [0.5, 0.6) is 0 Å². The van der Waals surface area contributed by atoms with Crippen molar-refractivity contribution in [3.63, 3.8) is 0 Å². The van der Waals surface area contributed by atoms with Crippen LogP contribution in [0.25, 0.3) is 0 Å². The fraction of sp³-hybridized carbons (Fsp3) is 0.538. The second-order valence-corrected chi connectivity index (χ2v) is 18.6. The summed E-state index contributed by atoms with van der Waals surface area (Å²) in [6.07, 6.45) is 1.34. The van der Waals surface area contributed by atoms with Crippen molar-refractivity contribution in [2.24, 2.45) is 5.92 Å². The molecule has 1 aromatic carbocycles. The molecular formula is C26H38FN3O5SSi. The van der Waals surface area contributed by atoms with Crippen LogP contribution in [0.4, 0.5) is 20.6 Å². The first kappa shape index (κ1) is 29.1. The van der Waals surface area contributed by atoms with E-state index < -0.39 is 35.9 Å². The zero-order valence-electron chi connectivity index (χ0n) is 22.9. The first-order valence-corrected chi connectivity index (χ1v) is 16.6. The molecule has 1 unspecified atom stereocenters. The summed E-state index contributed by atoms with van der Waals surface area (Å²) in [7, 11) is -6.10. The molecule has 2 aromatic rings. The lowest BCUT2D eigenvalue weighted by molar-refractivity contribution is 0.0636. The summed E-state index contributed by atoms with van der Waals surface area (Å²) in [5, 5.41) is 2.64. The van der Waals surface area contributed by atoms with Crippen LogP contribution in [-0.2, 0) is 25.6 Å². The molecule has 0 spiro atoms. The number of rotatable bonds is 6. The predicted octanol–water partition coefficient (Wildman–Crippen LogP) is 5.96. The lowest BCUT2D eigenvalue weighted by Crippen LogP contribution is -2.46. The minimum atomic E-state index is -4.04. The molecule has 1 atom stereocenters. The maximum atomic E-state index is 13.7. The number of fused-ring (bicyclic) bond motifs is 1. The Balaban J connectivity index is 1.96. The Bertz CT molecular complexity index is 1240. The van der Waals surface area contributed by atoms with Crippen LogP contribution < -0.4 is 9.62 Å². The minimum absolute atomic E-state index is 0.0138. The number of hydrogen-bond donors (Lipinski definition) is 1. The van der Waals surface area contributed by atoms with Gasteiger partial charge in [-0.3, -0.25) is 14.6 Å². The first-order valence-electron chi connectivity index (χ1n) is 12.3. The number of pyridine rings is 1. The number of sulfonamides is 1. The van der Waals surface area contributed by atoms with Crippen LogP contribution in [0.2, 0.25) is 18.1 Å². The van der Waals surface area contributed by atoms with E-state index in [1.54, 1.807) is 26.8 Å². The van der Waals surface area contributed by atoms with E-state index in [9.17, 15) is 17.6 Å². The molecule has 0 fully saturated rings. The van der Waals surface area contributed by atoms with Crippen LogP contribution in [0.15, 0.2) is 41.4 Å². The SMILES string of the molecule is CC(C)(C)OC(=O)Nc1cnc2c(c1)N(S(=O)(=O)c1ccc(F)cc1)CC(CO[Si](C)(C)C(C)(C)C)C2. The summed E-state index contributed by atoms with van der Waals surface area (Å²) in [5.41, 5.74) is 0.557. The van der Waals surface area contributed by atoms with Crippen LogP contribution in [0.1, 0.15) is 47.2 Å².